The van der Waals surface area contributed by atoms with E-state index in [1.165, 1.54) is 0 Å². The summed E-state index contributed by atoms with van der Waals surface area (Å²) in [7, 11) is 0. The fourth-order valence-electron chi connectivity index (χ4n) is 0.808. The number of H-pyrrole nitrogens is 1. The smallest absolute Gasteiger partial charge is 0.0955 e. The number of nitrogens with zero attached hydrogens (tertiary/aromatic N) is 2. The third-order valence-electron chi connectivity index (χ3n) is 1.69. The van der Waals surface area contributed by atoms with Crippen LogP contribution in [0.5, 0.6) is 0 Å². The van der Waals surface area contributed by atoms with Crippen molar-refractivity contribution in [2.45, 2.75) is 24.6 Å². The molecule has 0 saturated carbocycles. The molecule has 0 saturated heterocycles. The molecule has 0 aliphatic rings. The van der Waals surface area contributed by atoms with Crippen molar-refractivity contribution < 1.29 is 0 Å². The first-order valence-corrected chi connectivity index (χ1v) is 4.74. The molecule has 1 rings (SSSR count). The minimum Gasteiger partial charge on any atom is -0.281 e. The Morgan fingerprint density at radius 3 is 2.83 bits per heavy atom. The van der Waals surface area contributed by atoms with Crippen LogP contribution in [0, 0.1) is 11.3 Å². The van der Waals surface area contributed by atoms with Crippen LogP contribution in [0.25, 0.3) is 0 Å². The molecule has 1 heterocycles. The van der Waals surface area contributed by atoms with Crippen molar-refractivity contribution in [2.24, 2.45) is 0 Å². The number of aromatic nitrogens is 2. The number of nitrogens with one attached hydrogen (secondary N) is 1. The number of nitriles is 1. The summed E-state index contributed by atoms with van der Waals surface area (Å²) in [5.74, 6) is 0. The minimum atomic E-state index is -0.503. The Bertz CT molecular complexity index is 308. The maximum absolute atomic E-state index is 8.81. The third-order valence-corrected chi connectivity index (χ3v) is 2.30. The van der Waals surface area contributed by atoms with E-state index in [-0.39, 0.29) is 0 Å². The second-order valence-corrected chi connectivity index (χ2v) is 3.71. The van der Waals surface area contributed by atoms with Crippen LogP contribution < -0.4 is 0 Å². The summed E-state index contributed by atoms with van der Waals surface area (Å²) in [5, 5.41) is 16.5. The molecule has 12 heavy (non-hydrogen) atoms. The molecule has 0 aliphatic carbocycles. The molecule has 0 aliphatic heterocycles. The third kappa shape index (κ3) is 1.67. The lowest BCUT2D eigenvalue weighted by Crippen LogP contribution is -2.14. The maximum Gasteiger partial charge on any atom is 0.0955 e. The molecule has 3 nitrogen and oxygen atoms in total. The highest BCUT2D eigenvalue weighted by Crippen LogP contribution is 2.20. The molecular weight excluding hydrogens is 218 g/mol. The van der Waals surface area contributed by atoms with E-state index in [9.17, 15) is 0 Å². The maximum atomic E-state index is 8.81. The van der Waals surface area contributed by atoms with Gasteiger partial charge in [-0.25, -0.2) is 0 Å². The summed E-state index contributed by atoms with van der Waals surface area (Å²) in [4.78, 5) is 0. The van der Waals surface area contributed by atoms with E-state index in [1.54, 1.807) is 0 Å². The largest absolute Gasteiger partial charge is 0.281 e. The lowest BCUT2D eigenvalue weighted by Gasteiger charge is -2.09. The van der Waals surface area contributed by atoms with Gasteiger partial charge in [0.2, 0.25) is 0 Å². The van der Waals surface area contributed by atoms with E-state index < -0.39 is 5.41 Å². The van der Waals surface area contributed by atoms with Crippen LogP contribution in [0.1, 0.15) is 25.2 Å². The van der Waals surface area contributed by atoms with Crippen molar-refractivity contribution in [3.8, 4) is 6.07 Å². The average molecular weight is 228 g/mol. The fourth-order valence-corrected chi connectivity index (χ4v) is 1.09. The highest BCUT2D eigenvalue weighted by Gasteiger charge is 2.22. The van der Waals surface area contributed by atoms with Gasteiger partial charge in [0, 0.05) is 11.0 Å². The standard InChI is InChI=1S/C8H10BrN3/c1-8(2,5-10)7-3-6(4-9)11-12-7/h3H,4H2,1-2H3,(H,11,12). The Kier molecular flexibility index (Phi) is 2.53. The van der Waals surface area contributed by atoms with Gasteiger partial charge in [0.25, 0.3) is 0 Å². The molecule has 1 N–H and O–H groups in total. The Morgan fingerprint density at radius 1 is 1.75 bits per heavy atom. The number of halogens is 1. The monoisotopic (exact) mass is 227 g/mol. The van der Waals surface area contributed by atoms with Crippen molar-refractivity contribution in [1.29, 1.82) is 5.26 Å². The second kappa shape index (κ2) is 3.28. The van der Waals surface area contributed by atoms with Gasteiger partial charge in [-0.05, 0) is 19.9 Å². The van der Waals surface area contributed by atoms with Gasteiger partial charge in [-0.3, -0.25) is 5.10 Å². The molecule has 4 heteroatoms. The highest BCUT2D eigenvalue weighted by atomic mass is 79.9. The van der Waals surface area contributed by atoms with Gasteiger partial charge in [-0.15, -0.1) is 0 Å². The van der Waals surface area contributed by atoms with Crippen molar-refractivity contribution in [2.75, 3.05) is 0 Å². The molecule has 0 bridgehead atoms. The predicted molar refractivity (Wildman–Crippen MR) is 49.9 cm³/mol. The van der Waals surface area contributed by atoms with Gasteiger partial charge in [0.1, 0.15) is 0 Å². The highest BCUT2D eigenvalue weighted by molar-refractivity contribution is 9.08. The van der Waals surface area contributed by atoms with Gasteiger partial charge in [0.05, 0.1) is 17.2 Å². The van der Waals surface area contributed by atoms with E-state index in [0.29, 0.717) is 0 Å². The summed E-state index contributed by atoms with van der Waals surface area (Å²) in [6.45, 7) is 3.70. The first kappa shape index (κ1) is 9.27. The molecular formula is C8H10BrN3. The Labute approximate surface area is 79.9 Å². The fraction of sp³-hybridized carbons (Fsp3) is 0.500. The van der Waals surface area contributed by atoms with Crippen LogP contribution in [0.15, 0.2) is 6.07 Å². The first-order valence-electron chi connectivity index (χ1n) is 3.62. The van der Waals surface area contributed by atoms with Crippen LogP contribution in [-0.4, -0.2) is 10.2 Å². The number of aromatic amines is 1. The molecule has 0 aromatic carbocycles. The van der Waals surface area contributed by atoms with Crippen LogP contribution >= 0.6 is 15.9 Å². The normalized spacial score (nSPS) is 11.2. The predicted octanol–water partition coefficient (Wildman–Crippen LogP) is 2.11. The van der Waals surface area contributed by atoms with Crippen molar-refractivity contribution >= 4 is 15.9 Å². The van der Waals surface area contributed by atoms with Crippen LogP contribution in [0.4, 0.5) is 0 Å². The molecule has 0 radical (unpaired) electrons. The Balaban J connectivity index is 2.98. The van der Waals surface area contributed by atoms with Gasteiger partial charge < -0.3 is 0 Å². The van der Waals surface area contributed by atoms with Crippen LogP contribution in [0.2, 0.25) is 0 Å². The van der Waals surface area contributed by atoms with Crippen molar-refractivity contribution in [3.05, 3.63) is 17.5 Å². The van der Waals surface area contributed by atoms with E-state index in [2.05, 4.69) is 32.2 Å². The summed E-state index contributed by atoms with van der Waals surface area (Å²) in [6, 6.07) is 4.10. The zero-order valence-corrected chi connectivity index (χ0v) is 8.64. The molecule has 0 amide bonds. The van der Waals surface area contributed by atoms with E-state index >= 15 is 0 Å². The van der Waals surface area contributed by atoms with Gasteiger partial charge in [-0.1, -0.05) is 15.9 Å². The number of hydrogen-bond acceptors (Lipinski definition) is 2. The SMILES string of the molecule is CC(C)(C#N)c1cc(CBr)[nH]n1. The average Bonchev–Trinajstić information content (AvgIpc) is 2.52. The Hall–Kier alpha value is -0.820. The van der Waals surface area contributed by atoms with Crippen molar-refractivity contribution in [1.82, 2.24) is 10.2 Å². The molecule has 64 valence electrons. The molecule has 0 unspecified atom stereocenters. The van der Waals surface area contributed by atoms with E-state index in [4.69, 9.17) is 5.26 Å². The van der Waals surface area contributed by atoms with Gasteiger partial charge >= 0.3 is 0 Å². The van der Waals surface area contributed by atoms with Crippen molar-refractivity contribution in [3.63, 3.8) is 0 Å². The van der Waals surface area contributed by atoms with Crippen LogP contribution in [0.3, 0.4) is 0 Å². The molecule has 1 aromatic heterocycles. The topological polar surface area (TPSA) is 52.5 Å². The Morgan fingerprint density at radius 2 is 2.42 bits per heavy atom. The number of alkyl halides is 1. The van der Waals surface area contributed by atoms with Gasteiger partial charge in [-0.2, -0.15) is 10.4 Å². The minimum absolute atomic E-state index is 0.503. The summed E-state index contributed by atoms with van der Waals surface area (Å²) >= 11 is 3.31. The molecule has 1 aromatic rings. The number of rotatable bonds is 2. The first-order chi connectivity index (χ1) is 5.60. The summed E-state index contributed by atoms with van der Waals surface area (Å²) in [6.07, 6.45) is 0. The summed E-state index contributed by atoms with van der Waals surface area (Å²) in [5.41, 5.74) is 1.28. The molecule has 0 spiro atoms. The lowest BCUT2D eigenvalue weighted by molar-refractivity contribution is 0.655. The zero-order chi connectivity index (χ0) is 9.19. The van der Waals surface area contributed by atoms with Crippen LogP contribution in [-0.2, 0) is 10.7 Å². The second-order valence-electron chi connectivity index (χ2n) is 3.15. The van der Waals surface area contributed by atoms with E-state index in [1.807, 2.05) is 19.9 Å². The molecule has 0 fully saturated rings. The zero-order valence-electron chi connectivity index (χ0n) is 7.06. The van der Waals surface area contributed by atoms with Gasteiger partial charge in [0.15, 0.2) is 0 Å². The lowest BCUT2D eigenvalue weighted by atomic mass is 9.91. The number of hydrogen-bond donors (Lipinski definition) is 1. The molecule has 0 atom stereocenters. The summed E-state index contributed by atoms with van der Waals surface area (Å²) < 4.78 is 0. The van der Waals surface area contributed by atoms with E-state index in [0.717, 1.165) is 16.7 Å². The quantitative estimate of drug-likeness (QED) is 0.788.